The molecule has 0 bridgehead atoms. The topological polar surface area (TPSA) is 92.5 Å². The van der Waals surface area contributed by atoms with Crippen LogP contribution in [0.25, 0.3) is 0 Å². The second-order valence-corrected chi connectivity index (χ2v) is 5.66. The van der Waals surface area contributed by atoms with Crippen molar-refractivity contribution in [3.63, 3.8) is 0 Å². The van der Waals surface area contributed by atoms with Gasteiger partial charge in [-0.3, -0.25) is 9.48 Å². The van der Waals surface area contributed by atoms with Crippen LogP contribution in [0.1, 0.15) is 13.3 Å². The highest BCUT2D eigenvalue weighted by Gasteiger charge is 2.23. The number of aryl methyl sites for hydroxylation is 1. The number of aromatic nitrogens is 2. The number of carboxylic acids is 1. The summed E-state index contributed by atoms with van der Waals surface area (Å²) in [6.45, 7) is 2.04. The third-order valence-electron chi connectivity index (χ3n) is 2.42. The molecule has 8 heteroatoms. The molecule has 104 valence electrons. The van der Waals surface area contributed by atoms with E-state index >= 15 is 0 Å². The first-order valence-corrected chi connectivity index (χ1v) is 7.03. The zero-order valence-corrected chi connectivity index (χ0v) is 11.3. The van der Waals surface area contributed by atoms with Gasteiger partial charge >= 0.3 is 5.97 Å². The standard InChI is InChI=1S/C11H15N3O4S/c1-3-6-14(4-2)19(17,18)10-8-12-13(9-10)7-5-11(15)16/h1,8-9H,4-7H2,2H3,(H,15,16). The summed E-state index contributed by atoms with van der Waals surface area (Å²) >= 11 is 0. The summed E-state index contributed by atoms with van der Waals surface area (Å²) in [6, 6.07) is 0. The average molecular weight is 285 g/mol. The van der Waals surface area contributed by atoms with Crippen LogP contribution in [0.5, 0.6) is 0 Å². The first kappa shape index (κ1) is 15.2. The van der Waals surface area contributed by atoms with Crippen molar-refractivity contribution in [2.75, 3.05) is 13.1 Å². The molecular formula is C11H15N3O4S. The fraction of sp³-hybridized carbons (Fsp3) is 0.455. The maximum absolute atomic E-state index is 12.2. The van der Waals surface area contributed by atoms with Crippen LogP contribution in [0.4, 0.5) is 0 Å². The van der Waals surface area contributed by atoms with Gasteiger partial charge in [0, 0.05) is 12.7 Å². The molecule has 0 atom stereocenters. The summed E-state index contributed by atoms with van der Waals surface area (Å²) in [4.78, 5) is 10.4. The molecule has 0 radical (unpaired) electrons. The molecular weight excluding hydrogens is 270 g/mol. The minimum atomic E-state index is -3.67. The van der Waals surface area contributed by atoms with E-state index in [-0.39, 0.29) is 31.0 Å². The van der Waals surface area contributed by atoms with Crippen molar-refractivity contribution in [3.05, 3.63) is 12.4 Å². The Labute approximate surface area is 111 Å². The number of carbonyl (C=O) groups is 1. The number of nitrogens with zero attached hydrogens (tertiary/aromatic N) is 3. The highest BCUT2D eigenvalue weighted by Crippen LogP contribution is 2.14. The molecule has 1 N–H and O–H groups in total. The molecule has 1 aromatic heterocycles. The normalized spacial score (nSPS) is 11.4. The van der Waals surface area contributed by atoms with Crippen LogP contribution in [0.15, 0.2) is 17.3 Å². The van der Waals surface area contributed by atoms with Crippen molar-refractivity contribution in [1.29, 1.82) is 0 Å². The van der Waals surface area contributed by atoms with E-state index < -0.39 is 16.0 Å². The quantitative estimate of drug-likeness (QED) is 0.712. The number of hydrogen-bond acceptors (Lipinski definition) is 4. The molecule has 0 aliphatic rings. The summed E-state index contributed by atoms with van der Waals surface area (Å²) in [6.07, 6.45) is 7.50. The number of aliphatic carboxylic acids is 1. The van der Waals surface area contributed by atoms with E-state index in [0.29, 0.717) is 0 Å². The van der Waals surface area contributed by atoms with Gasteiger partial charge in [-0.15, -0.1) is 6.42 Å². The third-order valence-corrected chi connectivity index (χ3v) is 4.30. The number of hydrogen-bond donors (Lipinski definition) is 1. The van der Waals surface area contributed by atoms with Crippen molar-refractivity contribution in [1.82, 2.24) is 14.1 Å². The van der Waals surface area contributed by atoms with Crippen LogP contribution in [-0.2, 0) is 21.4 Å². The van der Waals surface area contributed by atoms with E-state index in [2.05, 4.69) is 11.0 Å². The first-order valence-electron chi connectivity index (χ1n) is 5.59. The van der Waals surface area contributed by atoms with Crippen molar-refractivity contribution in [2.24, 2.45) is 0 Å². The molecule has 7 nitrogen and oxygen atoms in total. The highest BCUT2D eigenvalue weighted by molar-refractivity contribution is 7.89. The molecule has 0 spiro atoms. The number of terminal acetylenes is 1. The lowest BCUT2D eigenvalue weighted by Crippen LogP contribution is -2.31. The van der Waals surface area contributed by atoms with E-state index in [1.165, 1.54) is 17.1 Å². The molecule has 1 heterocycles. The van der Waals surface area contributed by atoms with E-state index in [1.807, 2.05) is 0 Å². The molecule has 1 aromatic rings. The molecule has 0 aliphatic carbocycles. The molecule has 0 amide bonds. The lowest BCUT2D eigenvalue weighted by atomic mass is 10.4. The van der Waals surface area contributed by atoms with Crippen LogP contribution >= 0.6 is 0 Å². The van der Waals surface area contributed by atoms with Gasteiger partial charge in [-0.05, 0) is 0 Å². The molecule has 0 aliphatic heterocycles. The minimum Gasteiger partial charge on any atom is -0.481 e. The van der Waals surface area contributed by atoms with Gasteiger partial charge in [-0.1, -0.05) is 12.8 Å². The predicted molar refractivity (Wildman–Crippen MR) is 67.7 cm³/mol. The van der Waals surface area contributed by atoms with Gasteiger partial charge in [0.25, 0.3) is 0 Å². The van der Waals surface area contributed by atoms with Gasteiger partial charge in [-0.2, -0.15) is 9.40 Å². The molecule has 19 heavy (non-hydrogen) atoms. The molecule has 0 aromatic carbocycles. The molecule has 0 unspecified atom stereocenters. The smallest absolute Gasteiger partial charge is 0.305 e. The lowest BCUT2D eigenvalue weighted by Gasteiger charge is -2.16. The molecule has 0 saturated carbocycles. The fourth-order valence-electron chi connectivity index (χ4n) is 1.43. The van der Waals surface area contributed by atoms with E-state index in [1.54, 1.807) is 6.92 Å². The van der Waals surface area contributed by atoms with Crippen molar-refractivity contribution in [3.8, 4) is 12.3 Å². The monoisotopic (exact) mass is 285 g/mol. The highest BCUT2D eigenvalue weighted by atomic mass is 32.2. The van der Waals surface area contributed by atoms with Gasteiger partial charge in [-0.25, -0.2) is 8.42 Å². The SMILES string of the molecule is C#CCN(CC)S(=O)(=O)c1cnn(CCC(=O)O)c1. The summed E-state index contributed by atoms with van der Waals surface area (Å²) in [5, 5.41) is 12.4. The van der Waals surface area contributed by atoms with Crippen molar-refractivity contribution >= 4 is 16.0 Å². The Morgan fingerprint density at radius 3 is 2.84 bits per heavy atom. The molecule has 0 fully saturated rings. The Balaban J connectivity index is 2.91. The Bertz CT molecular complexity index is 585. The number of carboxylic acid groups (broad SMARTS) is 1. The van der Waals surface area contributed by atoms with Crippen LogP contribution in [0.2, 0.25) is 0 Å². The zero-order chi connectivity index (χ0) is 14.5. The van der Waals surface area contributed by atoms with Crippen molar-refractivity contribution < 1.29 is 18.3 Å². The summed E-state index contributed by atoms with van der Waals surface area (Å²) in [5.74, 6) is 1.31. The summed E-state index contributed by atoms with van der Waals surface area (Å²) in [5.41, 5.74) is 0. The van der Waals surface area contributed by atoms with Gasteiger partial charge in [0.15, 0.2) is 0 Å². The first-order chi connectivity index (χ1) is 8.91. The van der Waals surface area contributed by atoms with Gasteiger partial charge in [0.05, 0.1) is 25.7 Å². The van der Waals surface area contributed by atoms with E-state index in [9.17, 15) is 13.2 Å². The Kier molecular flexibility index (Phi) is 5.09. The maximum Gasteiger partial charge on any atom is 0.305 e. The van der Waals surface area contributed by atoms with E-state index in [0.717, 1.165) is 4.31 Å². The Hall–Kier alpha value is -1.85. The van der Waals surface area contributed by atoms with Crippen molar-refractivity contribution in [2.45, 2.75) is 24.8 Å². The summed E-state index contributed by atoms with van der Waals surface area (Å²) < 4.78 is 26.8. The molecule has 0 saturated heterocycles. The van der Waals surface area contributed by atoms with Gasteiger partial charge in [0.2, 0.25) is 10.0 Å². The zero-order valence-electron chi connectivity index (χ0n) is 10.5. The Morgan fingerprint density at radius 1 is 1.63 bits per heavy atom. The van der Waals surface area contributed by atoms with Crippen LogP contribution < -0.4 is 0 Å². The van der Waals surface area contributed by atoms with Crippen LogP contribution in [0, 0.1) is 12.3 Å². The average Bonchev–Trinajstić information content (AvgIpc) is 2.82. The Morgan fingerprint density at radius 2 is 2.32 bits per heavy atom. The minimum absolute atomic E-state index is 0.00925. The number of sulfonamides is 1. The predicted octanol–water partition coefficient (Wildman–Crippen LogP) is 0.00160. The van der Waals surface area contributed by atoms with Crippen LogP contribution in [0.3, 0.4) is 0 Å². The third kappa shape index (κ3) is 3.81. The molecule has 1 rings (SSSR count). The van der Waals surface area contributed by atoms with Gasteiger partial charge in [0.1, 0.15) is 4.90 Å². The second kappa shape index (κ2) is 6.36. The van der Waals surface area contributed by atoms with E-state index in [4.69, 9.17) is 11.5 Å². The van der Waals surface area contributed by atoms with Gasteiger partial charge < -0.3 is 5.11 Å². The fourth-order valence-corrected chi connectivity index (χ4v) is 2.75. The maximum atomic E-state index is 12.2. The summed E-state index contributed by atoms with van der Waals surface area (Å²) in [7, 11) is -3.67. The largest absolute Gasteiger partial charge is 0.481 e. The number of rotatable bonds is 7. The second-order valence-electron chi connectivity index (χ2n) is 3.72. The lowest BCUT2D eigenvalue weighted by molar-refractivity contribution is -0.137. The van der Waals surface area contributed by atoms with Crippen LogP contribution in [-0.4, -0.2) is 46.7 Å².